The van der Waals surface area contributed by atoms with Crippen molar-refractivity contribution in [2.24, 2.45) is 0 Å². The van der Waals surface area contributed by atoms with Crippen LogP contribution in [0.15, 0.2) is 50.8 Å². The quantitative estimate of drug-likeness (QED) is 0.725. The average molecular weight is 378 g/mol. The van der Waals surface area contributed by atoms with Crippen molar-refractivity contribution in [1.82, 2.24) is 10.1 Å². The molecule has 112 valence electrons. The van der Waals surface area contributed by atoms with Crippen LogP contribution in [-0.4, -0.2) is 16.0 Å². The van der Waals surface area contributed by atoms with Crippen LogP contribution in [0, 0.1) is 0 Å². The molecule has 0 saturated heterocycles. The number of nitrogens with one attached hydrogen (secondary N) is 1. The van der Waals surface area contributed by atoms with Crippen molar-refractivity contribution >= 4 is 38.9 Å². The van der Waals surface area contributed by atoms with Gasteiger partial charge in [0.05, 0.1) is 4.88 Å². The van der Waals surface area contributed by atoms with Crippen molar-refractivity contribution in [2.45, 2.75) is 12.8 Å². The molecule has 0 bridgehead atoms. The summed E-state index contributed by atoms with van der Waals surface area (Å²) in [7, 11) is 0. The van der Waals surface area contributed by atoms with Crippen molar-refractivity contribution < 1.29 is 9.32 Å². The molecule has 0 aliphatic heterocycles. The maximum atomic E-state index is 11.9. The van der Waals surface area contributed by atoms with Gasteiger partial charge in [0.25, 0.3) is 0 Å². The molecule has 0 aliphatic carbocycles. The molecule has 0 atom stereocenters. The number of amides is 1. The minimum absolute atomic E-state index is 0.0850. The third kappa shape index (κ3) is 3.80. The third-order valence-electron chi connectivity index (χ3n) is 2.90. The second-order valence-corrected chi connectivity index (χ2v) is 6.41. The first-order chi connectivity index (χ1) is 10.7. The van der Waals surface area contributed by atoms with E-state index < -0.39 is 0 Å². The Labute approximate surface area is 139 Å². The molecule has 22 heavy (non-hydrogen) atoms. The number of hydrogen-bond donors (Lipinski definition) is 1. The standard InChI is InChI=1S/C15H12BrN3O2S/c16-10-3-5-11(6-4-10)17-13(20)7-8-14-18-15(19-21-14)12-2-1-9-22-12/h1-6,9H,7-8H2,(H,17,20). The van der Waals surface area contributed by atoms with E-state index in [9.17, 15) is 4.79 Å². The number of halogens is 1. The van der Waals surface area contributed by atoms with Crippen LogP contribution in [0.5, 0.6) is 0 Å². The number of anilines is 1. The molecular formula is C15H12BrN3O2S. The number of carbonyl (C=O) groups is 1. The van der Waals surface area contributed by atoms with Gasteiger partial charge in [-0.1, -0.05) is 27.2 Å². The summed E-state index contributed by atoms with van der Waals surface area (Å²) in [5, 5.41) is 8.70. The monoisotopic (exact) mass is 377 g/mol. The Bertz CT molecular complexity index is 753. The van der Waals surface area contributed by atoms with E-state index in [1.807, 2.05) is 41.8 Å². The number of benzene rings is 1. The molecule has 0 unspecified atom stereocenters. The molecule has 3 rings (SSSR count). The van der Waals surface area contributed by atoms with Crippen LogP contribution in [0.3, 0.4) is 0 Å². The van der Waals surface area contributed by atoms with Crippen LogP contribution in [-0.2, 0) is 11.2 Å². The maximum Gasteiger partial charge on any atom is 0.227 e. The first-order valence-corrected chi connectivity index (χ1v) is 8.30. The molecule has 1 N–H and O–H groups in total. The zero-order valence-electron chi connectivity index (χ0n) is 11.5. The molecule has 7 heteroatoms. The molecule has 5 nitrogen and oxygen atoms in total. The van der Waals surface area contributed by atoms with Crippen LogP contribution in [0.25, 0.3) is 10.7 Å². The second-order valence-electron chi connectivity index (χ2n) is 4.54. The number of rotatable bonds is 5. The van der Waals surface area contributed by atoms with Gasteiger partial charge < -0.3 is 9.84 Å². The van der Waals surface area contributed by atoms with Crippen molar-refractivity contribution in [2.75, 3.05) is 5.32 Å². The van der Waals surface area contributed by atoms with Gasteiger partial charge >= 0.3 is 0 Å². The summed E-state index contributed by atoms with van der Waals surface area (Å²) in [6.45, 7) is 0. The number of hydrogen-bond acceptors (Lipinski definition) is 5. The lowest BCUT2D eigenvalue weighted by molar-refractivity contribution is -0.116. The number of nitrogens with zero attached hydrogens (tertiary/aromatic N) is 2. The molecule has 3 aromatic rings. The Morgan fingerprint density at radius 2 is 2.09 bits per heavy atom. The second kappa shape index (κ2) is 6.85. The molecule has 0 aliphatic rings. The summed E-state index contributed by atoms with van der Waals surface area (Å²) in [5.41, 5.74) is 0.762. The summed E-state index contributed by atoms with van der Waals surface area (Å²) in [6, 6.07) is 11.3. The summed E-state index contributed by atoms with van der Waals surface area (Å²) in [6.07, 6.45) is 0.711. The van der Waals surface area contributed by atoms with Crippen LogP contribution < -0.4 is 5.32 Å². The van der Waals surface area contributed by atoms with Crippen LogP contribution >= 0.6 is 27.3 Å². The Morgan fingerprint density at radius 1 is 1.27 bits per heavy atom. The van der Waals surface area contributed by atoms with E-state index >= 15 is 0 Å². The minimum Gasteiger partial charge on any atom is -0.339 e. The van der Waals surface area contributed by atoms with Gasteiger partial charge in [0.2, 0.25) is 17.6 Å². The predicted molar refractivity (Wildman–Crippen MR) is 88.7 cm³/mol. The summed E-state index contributed by atoms with van der Waals surface area (Å²) < 4.78 is 6.13. The first kappa shape index (κ1) is 14.9. The number of thiophene rings is 1. The molecule has 1 amide bonds. The van der Waals surface area contributed by atoms with E-state index in [-0.39, 0.29) is 5.91 Å². The van der Waals surface area contributed by atoms with Gasteiger partial charge in [0.15, 0.2) is 0 Å². The smallest absolute Gasteiger partial charge is 0.227 e. The molecule has 0 fully saturated rings. The van der Waals surface area contributed by atoms with Crippen molar-refractivity contribution in [1.29, 1.82) is 0 Å². The Balaban J connectivity index is 1.54. The summed E-state index contributed by atoms with van der Waals surface area (Å²) >= 11 is 4.90. The van der Waals surface area contributed by atoms with Gasteiger partial charge in [0.1, 0.15) is 0 Å². The van der Waals surface area contributed by atoms with Gasteiger partial charge in [-0.05, 0) is 35.7 Å². The normalized spacial score (nSPS) is 10.6. The van der Waals surface area contributed by atoms with E-state index in [0.29, 0.717) is 24.6 Å². The van der Waals surface area contributed by atoms with Crippen molar-refractivity contribution in [3.8, 4) is 10.7 Å². The first-order valence-electron chi connectivity index (χ1n) is 6.62. The lowest BCUT2D eigenvalue weighted by atomic mass is 10.2. The zero-order chi connectivity index (χ0) is 15.4. The number of aromatic nitrogens is 2. The maximum absolute atomic E-state index is 11.9. The summed E-state index contributed by atoms with van der Waals surface area (Å²) in [4.78, 5) is 17.1. The van der Waals surface area contributed by atoms with E-state index in [0.717, 1.165) is 15.0 Å². The van der Waals surface area contributed by atoms with Gasteiger partial charge in [0, 0.05) is 23.0 Å². The Kier molecular flexibility index (Phi) is 4.65. The fourth-order valence-electron chi connectivity index (χ4n) is 1.84. The van der Waals surface area contributed by atoms with E-state index in [4.69, 9.17) is 4.52 Å². The average Bonchev–Trinajstić information content (AvgIpc) is 3.18. The number of aryl methyl sites for hydroxylation is 1. The van der Waals surface area contributed by atoms with Gasteiger partial charge in [-0.15, -0.1) is 11.3 Å². The van der Waals surface area contributed by atoms with Gasteiger partial charge in [-0.25, -0.2) is 0 Å². The van der Waals surface area contributed by atoms with Crippen molar-refractivity contribution in [3.05, 3.63) is 52.1 Å². The Hall–Kier alpha value is -1.99. The lowest BCUT2D eigenvalue weighted by Gasteiger charge is -2.03. The largest absolute Gasteiger partial charge is 0.339 e. The highest BCUT2D eigenvalue weighted by Gasteiger charge is 2.11. The summed E-state index contributed by atoms with van der Waals surface area (Å²) in [5.74, 6) is 0.950. The van der Waals surface area contributed by atoms with Crippen LogP contribution in [0.2, 0.25) is 0 Å². The van der Waals surface area contributed by atoms with Gasteiger partial charge in [-0.2, -0.15) is 4.98 Å². The molecule has 0 saturated carbocycles. The number of carbonyl (C=O) groups excluding carboxylic acids is 1. The minimum atomic E-state index is -0.0850. The highest BCUT2D eigenvalue weighted by molar-refractivity contribution is 9.10. The lowest BCUT2D eigenvalue weighted by Crippen LogP contribution is -2.12. The van der Waals surface area contributed by atoms with E-state index in [2.05, 4.69) is 31.4 Å². The van der Waals surface area contributed by atoms with E-state index in [1.54, 1.807) is 11.3 Å². The fourth-order valence-corrected chi connectivity index (χ4v) is 2.75. The van der Waals surface area contributed by atoms with E-state index in [1.165, 1.54) is 0 Å². The molecular weight excluding hydrogens is 366 g/mol. The van der Waals surface area contributed by atoms with Crippen LogP contribution in [0.4, 0.5) is 5.69 Å². The molecule has 0 spiro atoms. The highest BCUT2D eigenvalue weighted by atomic mass is 79.9. The molecule has 2 heterocycles. The zero-order valence-corrected chi connectivity index (χ0v) is 13.9. The van der Waals surface area contributed by atoms with Gasteiger partial charge in [-0.3, -0.25) is 4.79 Å². The highest BCUT2D eigenvalue weighted by Crippen LogP contribution is 2.21. The fraction of sp³-hybridized carbons (Fsp3) is 0.133. The SMILES string of the molecule is O=C(CCc1nc(-c2cccs2)no1)Nc1ccc(Br)cc1. The molecule has 2 aromatic heterocycles. The molecule has 0 radical (unpaired) electrons. The topological polar surface area (TPSA) is 68.0 Å². The molecule has 1 aromatic carbocycles. The Morgan fingerprint density at radius 3 is 2.82 bits per heavy atom. The van der Waals surface area contributed by atoms with Crippen LogP contribution in [0.1, 0.15) is 12.3 Å². The third-order valence-corrected chi connectivity index (χ3v) is 4.30. The predicted octanol–water partition coefficient (Wildman–Crippen LogP) is 4.13. The van der Waals surface area contributed by atoms with Crippen molar-refractivity contribution in [3.63, 3.8) is 0 Å².